The Morgan fingerprint density at radius 1 is 0.931 bits per heavy atom. The van der Waals surface area contributed by atoms with Crippen molar-refractivity contribution in [1.29, 1.82) is 0 Å². The summed E-state index contributed by atoms with van der Waals surface area (Å²) in [6.07, 6.45) is 3.84. The standard InChI is InChI=1S/C25H27NO2.BrH/c1-26-16-24(20-7-4-8-20)28-25(27,17-26)23-13-11-19(12-14-23)22-10-9-18-5-2-3-6-21(18)15-22;/h2-3,5-6,9-15,20,24,27H,4,7-8,16-17H2,1H3;1H. The fourth-order valence-corrected chi connectivity index (χ4v) is 4.57. The van der Waals surface area contributed by atoms with Crippen LogP contribution in [0.15, 0.2) is 66.7 Å². The summed E-state index contributed by atoms with van der Waals surface area (Å²) in [5.74, 6) is -0.638. The second-order valence-corrected chi connectivity index (χ2v) is 8.47. The molecule has 0 spiro atoms. The molecular formula is C25H28BrNO2. The zero-order valence-electron chi connectivity index (χ0n) is 16.8. The lowest BCUT2D eigenvalue weighted by Gasteiger charge is -2.46. The molecule has 3 nitrogen and oxygen atoms in total. The monoisotopic (exact) mass is 453 g/mol. The van der Waals surface area contributed by atoms with Gasteiger partial charge in [-0.3, -0.25) is 4.90 Å². The van der Waals surface area contributed by atoms with Crippen molar-refractivity contribution in [2.75, 3.05) is 20.1 Å². The van der Waals surface area contributed by atoms with Crippen molar-refractivity contribution in [3.05, 3.63) is 72.3 Å². The number of rotatable bonds is 3. The van der Waals surface area contributed by atoms with Gasteiger partial charge in [0.2, 0.25) is 5.79 Å². The van der Waals surface area contributed by atoms with Crippen molar-refractivity contribution < 1.29 is 9.84 Å². The molecule has 0 aromatic heterocycles. The Balaban J connectivity index is 0.00000205. The predicted molar refractivity (Wildman–Crippen MR) is 123 cm³/mol. The smallest absolute Gasteiger partial charge is 0.205 e. The van der Waals surface area contributed by atoms with Crippen LogP contribution in [0, 0.1) is 5.92 Å². The summed E-state index contributed by atoms with van der Waals surface area (Å²) in [7, 11) is 2.07. The third-order valence-electron chi connectivity index (χ3n) is 6.42. The number of nitrogens with zero attached hydrogens (tertiary/aromatic N) is 1. The summed E-state index contributed by atoms with van der Waals surface area (Å²) in [5.41, 5.74) is 3.18. The molecule has 0 radical (unpaired) electrons. The van der Waals surface area contributed by atoms with E-state index in [-0.39, 0.29) is 23.1 Å². The molecule has 1 aliphatic heterocycles. The number of likely N-dealkylation sites (N-methyl/N-ethyl adjacent to an activating group) is 1. The Kier molecular flexibility index (Phi) is 5.80. The molecule has 2 unspecified atom stereocenters. The first kappa shape index (κ1) is 20.5. The van der Waals surface area contributed by atoms with Crippen LogP contribution in [0.3, 0.4) is 0 Å². The Labute approximate surface area is 183 Å². The average Bonchev–Trinajstić information content (AvgIpc) is 2.66. The Morgan fingerprint density at radius 3 is 2.31 bits per heavy atom. The summed E-state index contributed by atoms with van der Waals surface area (Å²) < 4.78 is 6.25. The number of hydrogen-bond donors (Lipinski definition) is 1. The molecule has 29 heavy (non-hydrogen) atoms. The molecule has 2 fully saturated rings. The van der Waals surface area contributed by atoms with Gasteiger partial charge in [-0.1, -0.05) is 67.1 Å². The lowest BCUT2D eigenvalue weighted by molar-refractivity contribution is -0.287. The van der Waals surface area contributed by atoms with Crippen molar-refractivity contribution in [3.8, 4) is 11.1 Å². The number of fused-ring (bicyclic) bond motifs is 1. The van der Waals surface area contributed by atoms with E-state index in [4.69, 9.17) is 4.74 Å². The highest BCUT2D eigenvalue weighted by molar-refractivity contribution is 8.93. The highest BCUT2D eigenvalue weighted by atomic mass is 79.9. The minimum Gasteiger partial charge on any atom is -0.361 e. The van der Waals surface area contributed by atoms with Crippen LogP contribution in [-0.2, 0) is 10.5 Å². The van der Waals surface area contributed by atoms with Gasteiger partial charge in [0.15, 0.2) is 0 Å². The van der Waals surface area contributed by atoms with E-state index in [1.54, 1.807) is 0 Å². The van der Waals surface area contributed by atoms with Gasteiger partial charge >= 0.3 is 0 Å². The zero-order valence-corrected chi connectivity index (χ0v) is 18.5. The topological polar surface area (TPSA) is 32.7 Å². The lowest BCUT2D eigenvalue weighted by atomic mass is 9.80. The number of hydrogen-bond acceptors (Lipinski definition) is 3. The van der Waals surface area contributed by atoms with Crippen molar-refractivity contribution in [1.82, 2.24) is 4.90 Å². The summed E-state index contributed by atoms with van der Waals surface area (Å²) in [5, 5.41) is 13.8. The Bertz CT molecular complexity index is 986. The van der Waals surface area contributed by atoms with Crippen LogP contribution in [0.2, 0.25) is 0 Å². The van der Waals surface area contributed by atoms with Gasteiger partial charge in [-0.15, -0.1) is 17.0 Å². The molecule has 0 amide bonds. The number of ether oxygens (including phenoxy) is 1. The van der Waals surface area contributed by atoms with Crippen molar-refractivity contribution in [3.63, 3.8) is 0 Å². The Hall–Kier alpha value is -1.72. The molecule has 1 heterocycles. The molecule has 152 valence electrons. The maximum Gasteiger partial charge on any atom is 0.205 e. The normalized spacial score (nSPS) is 25.4. The van der Waals surface area contributed by atoms with Crippen LogP contribution in [-0.4, -0.2) is 36.2 Å². The van der Waals surface area contributed by atoms with E-state index in [0.29, 0.717) is 12.5 Å². The minimum atomic E-state index is -1.23. The first-order valence-corrected chi connectivity index (χ1v) is 10.3. The lowest BCUT2D eigenvalue weighted by Crippen LogP contribution is -2.55. The highest BCUT2D eigenvalue weighted by Crippen LogP contribution is 2.39. The zero-order chi connectivity index (χ0) is 19.1. The first-order valence-electron chi connectivity index (χ1n) is 10.3. The van der Waals surface area contributed by atoms with Crippen molar-refractivity contribution in [2.45, 2.75) is 31.2 Å². The van der Waals surface area contributed by atoms with Crippen molar-refractivity contribution in [2.24, 2.45) is 5.92 Å². The maximum absolute atomic E-state index is 11.3. The third kappa shape index (κ3) is 3.99. The van der Waals surface area contributed by atoms with Gasteiger partial charge in [-0.05, 0) is 53.8 Å². The van der Waals surface area contributed by atoms with E-state index in [1.165, 1.54) is 35.6 Å². The van der Waals surface area contributed by atoms with Gasteiger partial charge in [-0.25, -0.2) is 0 Å². The quantitative estimate of drug-likeness (QED) is 0.579. The van der Waals surface area contributed by atoms with Crippen molar-refractivity contribution >= 4 is 27.8 Å². The number of morpholine rings is 1. The van der Waals surface area contributed by atoms with Gasteiger partial charge in [0, 0.05) is 12.1 Å². The van der Waals surface area contributed by atoms with E-state index < -0.39 is 5.79 Å². The van der Waals surface area contributed by atoms with Crippen LogP contribution in [0.1, 0.15) is 24.8 Å². The summed E-state index contributed by atoms with van der Waals surface area (Å²) in [4.78, 5) is 2.20. The van der Waals surface area contributed by atoms with E-state index in [1.807, 2.05) is 12.1 Å². The fraction of sp³-hybridized carbons (Fsp3) is 0.360. The second kappa shape index (κ2) is 8.19. The third-order valence-corrected chi connectivity index (χ3v) is 6.42. The molecule has 0 bridgehead atoms. The summed E-state index contributed by atoms with van der Waals surface area (Å²) in [6, 6.07) is 23.2. The van der Waals surface area contributed by atoms with Gasteiger partial charge < -0.3 is 9.84 Å². The molecule has 1 aliphatic carbocycles. The highest BCUT2D eigenvalue weighted by Gasteiger charge is 2.43. The number of β-amino-alcohol motifs (C(OH)–C–C–N with tert-alkyl or cyclic N) is 1. The van der Waals surface area contributed by atoms with Gasteiger partial charge in [0.05, 0.1) is 12.6 Å². The largest absolute Gasteiger partial charge is 0.361 e. The molecule has 2 atom stereocenters. The first-order chi connectivity index (χ1) is 13.6. The number of halogens is 1. The molecule has 1 N–H and O–H groups in total. The van der Waals surface area contributed by atoms with E-state index >= 15 is 0 Å². The molecule has 1 saturated heterocycles. The van der Waals surface area contributed by atoms with Crippen LogP contribution >= 0.6 is 17.0 Å². The number of benzene rings is 3. The van der Waals surface area contributed by atoms with Gasteiger partial charge in [0.25, 0.3) is 0 Å². The van der Waals surface area contributed by atoms with Gasteiger partial charge in [0.1, 0.15) is 0 Å². The van der Waals surface area contributed by atoms with Gasteiger partial charge in [-0.2, -0.15) is 0 Å². The van der Waals surface area contributed by atoms with E-state index in [9.17, 15) is 5.11 Å². The second-order valence-electron chi connectivity index (χ2n) is 8.47. The van der Waals surface area contributed by atoms with Crippen LogP contribution in [0.25, 0.3) is 21.9 Å². The van der Waals surface area contributed by atoms with Crippen LogP contribution in [0.4, 0.5) is 0 Å². The summed E-state index contributed by atoms with van der Waals surface area (Å²) >= 11 is 0. The molecule has 4 heteroatoms. The maximum atomic E-state index is 11.3. The predicted octanol–water partition coefficient (Wildman–Crippen LogP) is 5.36. The summed E-state index contributed by atoms with van der Waals surface area (Å²) in [6.45, 7) is 1.41. The molecule has 2 aliphatic rings. The molecular weight excluding hydrogens is 426 g/mol. The average molecular weight is 454 g/mol. The minimum absolute atomic E-state index is 0. The van der Waals surface area contributed by atoms with Crippen LogP contribution < -0.4 is 0 Å². The van der Waals surface area contributed by atoms with E-state index in [2.05, 4.69) is 66.5 Å². The van der Waals surface area contributed by atoms with Crippen LogP contribution in [0.5, 0.6) is 0 Å². The van der Waals surface area contributed by atoms with E-state index in [0.717, 1.165) is 17.7 Å². The molecule has 3 aromatic carbocycles. The molecule has 1 saturated carbocycles. The fourth-order valence-electron chi connectivity index (χ4n) is 4.57. The SMILES string of the molecule is Br.CN1CC(C2CCC2)OC(O)(c2ccc(-c3ccc4ccccc4c3)cc2)C1. The molecule has 5 rings (SSSR count). The molecule has 3 aromatic rings. The number of aliphatic hydroxyl groups is 1. The Morgan fingerprint density at radius 2 is 1.62 bits per heavy atom.